The number of carboxylic acid groups (broad SMARTS) is 1. The topological polar surface area (TPSA) is 78.9 Å². The molecular formula is C19H28N2O4. The van der Waals surface area contributed by atoms with Crippen molar-refractivity contribution in [2.75, 3.05) is 13.1 Å². The van der Waals surface area contributed by atoms with E-state index in [1.807, 2.05) is 19.1 Å². The number of ether oxygens (including phenoxy) is 1. The molecule has 1 aromatic rings. The molecule has 3 unspecified atom stereocenters. The van der Waals surface area contributed by atoms with E-state index in [0.717, 1.165) is 25.2 Å². The Kier molecular flexibility index (Phi) is 6.96. The van der Waals surface area contributed by atoms with Crippen molar-refractivity contribution in [1.29, 1.82) is 0 Å². The molecule has 25 heavy (non-hydrogen) atoms. The molecule has 0 aliphatic carbocycles. The number of carbonyl (C=O) groups excluding carboxylic acids is 1. The van der Waals surface area contributed by atoms with Gasteiger partial charge >= 0.3 is 5.97 Å². The zero-order chi connectivity index (χ0) is 18.4. The summed E-state index contributed by atoms with van der Waals surface area (Å²) in [6.45, 7) is 8.64. The number of nitrogens with zero attached hydrogens (tertiary/aromatic N) is 1. The highest BCUT2D eigenvalue weighted by atomic mass is 16.5. The Morgan fingerprint density at radius 2 is 1.84 bits per heavy atom. The van der Waals surface area contributed by atoms with Crippen LogP contribution < -0.4 is 5.32 Å². The minimum absolute atomic E-state index is 0.223. The second kappa shape index (κ2) is 8.97. The summed E-state index contributed by atoms with van der Waals surface area (Å²) in [7, 11) is 0. The largest absolute Gasteiger partial charge is 0.480 e. The molecular weight excluding hydrogens is 320 g/mol. The molecule has 6 heteroatoms. The number of morpholine rings is 1. The summed E-state index contributed by atoms with van der Waals surface area (Å²) in [6, 6.07) is 6.52. The zero-order valence-electron chi connectivity index (χ0n) is 15.2. The highest BCUT2D eigenvalue weighted by Crippen LogP contribution is 2.15. The third kappa shape index (κ3) is 5.83. The number of rotatable bonds is 7. The predicted molar refractivity (Wildman–Crippen MR) is 95.5 cm³/mol. The van der Waals surface area contributed by atoms with Crippen molar-refractivity contribution >= 4 is 11.9 Å². The fourth-order valence-electron chi connectivity index (χ4n) is 3.22. The summed E-state index contributed by atoms with van der Waals surface area (Å²) in [5.74, 6) is -1.34. The maximum atomic E-state index is 12.2. The van der Waals surface area contributed by atoms with Crippen molar-refractivity contribution in [1.82, 2.24) is 10.2 Å². The summed E-state index contributed by atoms with van der Waals surface area (Å²) in [5, 5.41) is 11.7. The summed E-state index contributed by atoms with van der Waals surface area (Å²) in [5.41, 5.74) is 1.61. The van der Waals surface area contributed by atoms with E-state index in [4.69, 9.17) is 9.84 Å². The van der Waals surface area contributed by atoms with Crippen LogP contribution in [0.4, 0.5) is 0 Å². The quantitative estimate of drug-likeness (QED) is 0.790. The van der Waals surface area contributed by atoms with Crippen LogP contribution in [0.15, 0.2) is 24.3 Å². The van der Waals surface area contributed by atoms with Gasteiger partial charge in [-0.25, -0.2) is 4.79 Å². The summed E-state index contributed by atoms with van der Waals surface area (Å²) >= 11 is 0. The lowest BCUT2D eigenvalue weighted by atomic mass is 10.1. The van der Waals surface area contributed by atoms with Crippen molar-refractivity contribution < 1.29 is 19.4 Å². The van der Waals surface area contributed by atoms with Crippen LogP contribution >= 0.6 is 0 Å². The molecule has 0 aromatic heterocycles. The van der Waals surface area contributed by atoms with Gasteiger partial charge in [-0.3, -0.25) is 9.69 Å². The minimum Gasteiger partial charge on any atom is -0.480 e. The van der Waals surface area contributed by atoms with Gasteiger partial charge in [-0.05, 0) is 38.0 Å². The Bertz CT molecular complexity index is 578. The molecule has 1 aromatic carbocycles. The van der Waals surface area contributed by atoms with Gasteiger partial charge in [0.05, 0.1) is 12.2 Å². The van der Waals surface area contributed by atoms with Gasteiger partial charge in [-0.15, -0.1) is 0 Å². The number of hydrogen-bond donors (Lipinski definition) is 2. The van der Waals surface area contributed by atoms with E-state index < -0.39 is 12.0 Å². The van der Waals surface area contributed by atoms with Gasteiger partial charge in [0.25, 0.3) is 5.91 Å². The molecule has 1 aliphatic heterocycles. The SMILES string of the molecule is CCCC(NC(=O)c1ccc(CN2CC(C)OC(C)C2)cc1)C(=O)O. The number of hydrogen-bond acceptors (Lipinski definition) is 4. The van der Waals surface area contributed by atoms with Gasteiger partial charge in [0.15, 0.2) is 0 Å². The number of carbonyl (C=O) groups is 2. The molecule has 1 fully saturated rings. The van der Waals surface area contributed by atoms with Crippen LogP contribution in [-0.2, 0) is 16.1 Å². The molecule has 1 saturated heterocycles. The fraction of sp³-hybridized carbons (Fsp3) is 0.579. The van der Waals surface area contributed by atoms with Crippen LogP contribution in [0.3, 0.4) is 0 Å². The molecule has 1 amide bonds. The van der Waals surface area contributed by atoms with Crippen molar-refractivity contribution in [2.24, 2.45) is 0 Å². The first-order valence-corrected chi connectivity index (χ1v) is 8.89. The molecule has 0 radical (unpaired) electrons. The first-order valence-electron chi connectivity index (χ1n) is 8.89. The predicted octanol–water partition coefficient (Wildman–Crippen LogP) is 2.28. The average molecular weight is 348 g/mol. The Morgan fingerprint density at radius 1 is 1.24 bits per heavy atom. The highest BCUT2D eigenvalue weighted by molar-refractivity contribution is 5.96. The lowest BCUT2D eigenvalue weighted by Gasteiger charge is -2.35. The van der Waals surface area contributed by atoms with Crippen molar-refractivity contribution in [2.45, 2.75) is 58.4 Å². The molecule has 0 spiro atoms. The maximum Gasteiger partial charge on any atom is 0.326 e. The number of carboxylic acids is 1. The summed E-state index contributed by atoms with van der Waals surface area (Å²) in [4.78, 5) is 25.7. The molecule has 2 N–H and O–H groups in total. The van der Waals surface area contributed by atoms with Crippen LogP contribution in [0, 0.1) is 0 Å². The van der Waals surface area contributed by atoms with E-state index >= 15 is 0 Å². The van der Waals surface area contributed by atoms with Crippen LogP contribution in [0.2, 0.25) is 0 Å². The Morgan fingerprint density at radius 3 is 2.36 bits per heavy atom. The van der Waals surface area contributed by atoms with Gasteiger partial charge in [0, 0.05) is 25.2 Å². The van der Waals surface area contributed by atoms with E-state index in [0.29, 0.717) is 18.4 Å². The van der Waals surface area contributed by atoms with Gasteiger partial charge in [0.1, 0.15) is 6.04 Å². The third-order valence-corrected chi connectivity index (χ3v) is 4.30. The third-order valence-electron chi connectivity index (χ3n) is 4.30. The summed E-state index contributed by atoms with van der Waals surface area (Å²) in [6.07, 6.45) is 1.57. The molecule has 0 bridgehead atoms. The Hall–Kier alpha value is -1.92. The van der Waals surface area contributed by atoms with E-state index in [9.17, 15) is 9.59 Å². The van der Waals surface area contributed by atoms with Gasteiger partial charge in [-0.2, -0.15) is 0 Å². The molecule has 2 rings (SSSR count). The smallest absolute Gasteiger partial charge is 0.326 e. The highest BCUT2D eigenvalue weighted by Gasteiger charge is 2.22. The van der Waals surface area contributed by atoms with Gasteiger partial charge < -0.3 is 15.2 Å². The Labute approximate surface area is 149 Å². The van der Waals surface area contributed by atoms with Crippen molar-refractivity contribution in [3.8, 4) is 0 Å². The molecule has 0 saturated carbocycles. The van der Waals surface area contributed by atoms with Crippen LogP contribution in [0.1, 0.15) is 49.5 Å². The van der Waals surface area contributed by atoms with Crippen LogP contribution in [0.25, 0.3) is 0 Å². The fourth-order valence-corrected chi connectivity index (χ4v) is 3.22. The van der Waals surface area contributed by atoms with Crippen LogP contribution in [-0.4, -0.2) is 53.2 Å². The van der Waals surface area contributed by atoms with E-state index in [1.54, 1.807) is 12.1 Å². The lowest BCUT2D eigenvalue weighted by Crippen LogP contribution is -2.44. The van der Waals surface area contributed by atoms with E-state index in [-0.39, 0.29) is 18.1 Å². The van der Waals surface area contributed by atoms with E-state index in [1.165, 1.54) is 0 Å². The lowest BCUT2D eigenvalue weighted by molar-refractivity contribution is -0.139. The normalized spacial score (nSPS) is 22.4. The molecule has 3 atom stereocenters. The number of nitrogens with one attached hydrogen (secondary N) is 1. The zero-order valence-corrected chi connectivity index (χ0v) is 15.2. The Balaban J connectivity index is 1.94. The van der Waals surface area contributed by atoms with Crippen molar-refractivity contribution in [3.63, 3.8) is 0 Å². The number of benzene rings is 1. The summed E-state index contributed by atoms with van der Waals surface area (Å²) < 4.78 is 5.74. The standard InChI is InChI=1S/C19H28N2O4/c1-4-5-17(19(23)24)20-18(22)16-8-6-15(7-9-16)12-21-10-13(2)25-14(3)11-21/h6-9,13-14,17H,4-5,10-12H2,1-3H3,(H,20,22)(H,23,24). The van der Waals surface area contributed by atoms with Gasteiger partial charge in [0.2, 0.25) is 0 Å². The van der Waals surface area contributed by atoms with Crippen molar-refractivity contribution in [3.05, 3.63) is 35.4 Å². The average Bonchev–Trinajstić information content (AvgIpc) is 2.54. The maximum absolute atomic E-state index is 12.2. The monoisotopic (exact) mass is 348 g/mol. The number of amides is 1. The second-order valence-electron chi connectivity index (χ2n) is 6.80. The first kappa shape index (κ1) is 19.4. The molecule has 1 aliphatic rings. The first-order chi connectivity index (χ1) is 11.9. The number of aliphatic carboxylic acids is 1. The van der Waals surface area contributed by atoms with Gasteiger partial charge in [-0.1, -0.05) is 25.5 Å². The molecule has 6 nitrogen and oxygen atoms in total. The molecule has 138 valence electrons. The second-order valence-corrected chi connectivity index (χ2v) is 6.80. The van der Waals surface area contributed by atoms with E-state index in [2.05, 4.69) is 24.1 Å². The molecule has 1 heterocycles. The van der Waals surface area contributed by atoms with Crippen LogP contribution in [0.5, 0.6) is 0 Å². The minimum atomic E-state index is -0.998.